The van der Waals surface area contributed by atoms with Crippen LogP contribution in [0.5, 0.6) is 0 Å². The number of halogens is 1. The lowest BCUT2D eigenvalue weighted by Crippen LogP contribution is -2.45. The number of benzene rings is 1. The summed E-state index contributed by atoms with van der Waals surface area (Å²) in [5.74, 6) is 0.824. The Morgan fingerprint density at radius 1 is 1.08 bits per heavy atom. The third-order valence-corrected chi connectivity index (χ3v) is 4.39. The molecule has 1 aromatic carbocycles. The number of nitrogens with one attached hydrogen (secondary N) is 2. The topological polar surface area (TPSA) is 48.9 Å². The molecule has 0 heterocycles. The zero-order valence-electron chi connectivity index (χ0n) is 17.3. The van der Waals surface area contributed by atoms with Crippen LogP contribution in [0.25, 0.3) is 0 Å². The summed E-state index contributed by atoms with van der Waals surface area (Å²) in [7, 11) is 1.73. The fourth-order valence-corrected chi connectivity index (χ4v) is 2.43. The highest BCUT2D eigenvalue weighted by Crippen LogP contribution is 2.13. The highest BCUT2D eigenvalue weighted by Gasteiger charge is 2.16. The first-order valence-corrected chi connectivity index (χ1v) is 9.32. The highest BCUT2D eigenvalue weighted by molar-refractivity contribution is 14.0. The van der Waals surface area contributed by atoms with E-state index in [-0.39, 0.29) is 29.6 Å². The van der Waals surface area contributed by atoms with Crippen LogP contribution in [0, 0.1) is 0 Å². The number of guanidine groups is 1. The molecule has 0 aliphatic heterocycles. The minimum absolute atomic E-state index is 0. The van der Waals surface area contributed by atoms with E-state index in [1.807, 2.05) is 0 Å². The molecule has 0 atom stereocenters. The minimum atomic E-state index is -0.225. The van der Waals surface area contributed by atoms with E-state index in [0.717, 1.165) is 32.1 Å². The van der Waals surface area contributed by atoms with E-state index in [2.05, 4.69) is 74.4 Å². The van der Waals surface area contributed by atoms with Crippen molar-refractivity contribution in [3.63, 3.8) is 0 Å². The molecular formula is C20H37IN4O. The summed E-state index contributed by atoms with van der Waals surface area (Å²) < 4.78 is 5.47. The van der Waals surface area contributed by atoms with Crippen LogP contribution >= 0.6 is 24.0 Å². The smallest absolute Gasteiger partial charge is 0.191 e. The summed E-state index contributed by atoms with van der Waals surface area (Å²) in [5.41, 5.74) is 2.40. The van der Waals surface area contributed by atoms with Crippen LogP contribution in [0.3, 0.4) is 0 Å². The number of rotatable bonds is 10. The summed E-state index contributed by atoms with van der Waals surface area (Å²) in [6.45, 7) is 15.9. The molecule has 1 rings (SSSR count). The van der Waals surface area contributed by atoms with Gasteiger partial charge in [-0.05, 0) is 45.0 Å². The Hall–Kier alpha value is -0.860. The minimum Gasteiger partial charge on any atom is -0.377 e. The van der Waals surface area contributed by atoms with Crippen LogP contribution in [0.15, 0.2) is 29.3 Å². The van der Waals surface area contributed by atoms with Gasteiger partial charge in [-0.15, -0.1) is 24.0 Å². The van der Waals surface area contributed by atoms with E-state index >= 15 is 0 Å². The molecule has 0 aliphatic carbocycles. The van der Waals surface area contributed by atoms with Gasteiger partial charge in [-0.25, -0.2) is 4.99 Å². The normalized spacial score (nSPS) is 12.0. The Labute approximate surface area is 177 Å². The predicted octanol–water partition coefficient (Wildman–Crippen LogP) is 3.63. The first-order valence-electron chi connectivity index (χ1n) is 9.32. The lowest BCUT2D eigenvalue weighted by Gasteiger charge is -2.24. The zero-order valence-corrected chi connectivity index (χ0v) is 19.6. The van der Waals surface area contributed by atoms with Crippen molar-refractivity contribution in [2.75, 3.05) is 33.3 Å². The zero-order chi connectivity index (χ0) is 18.7. The Morgan fingerprint density at radius 3 is 2.23 bits per heavy atom. The van der Waals surface area contributed by atoms with E-state index in [4.69, 9.17) is 9.73 Å². The Bertz CT molecular complexity index is 530. The lowest BCUT2D eigenvalue weighted by molar-refractivity contribution is 0.0268. The molecule has 2 N–H and O–H groups in total. The van der Waals surface area contributed by atoms with Gasteiger partial charge in [-0.1, -0.05) is 38.1 Å². The standard InChI is InChI=1S/C20H36N4O.HI/c1-7-21-19(23-16-20(4,5)25-6)22-14-17-12-10-11-13-18(17)15-24(8-2)9-3;/h10-13H,7-9,14-16H2,1-6H3,(H2,21,22,23);1H. The van der Waals surface area contributed by atoms with Gasteiger partial charge in [0.1, 0.15) is 0 Å². The largest absolute Gasteiger partial charge is 0.377 e. The molecule has 0 bridgehead atoms. The van der Waals surface area contributed by atoms with Crippen LogP contribution in [-0.4, -0.2) is 49.7 Å². The summed E-state index contributed by atoms with van der Waals surface area (Å²) in [5, 5.41) is 6.67. The molecule has 0 saturated carbocycles. The maximum Gasteiger partial charge on any atom is 0.191 e. The van der Waals surface area contributed by atoms with Gasteiger partial charge in [0.25, 0.3) is 0 Å². The van der Waals surface area contributed by atoms with Crippen LogP contribution in [0.2, 0.25) is 0 Å². The molecule has 5 nitrogen and oxygen atoms in total. The number of ether oxygens (including phenoxy) is 1. The molecule has 0 aromatic heterocycles. The number of aliphatic imine (C=N–C) groups is 1. The molecule has 0 saturated heterocycles. The Kier molecular flexibility index (Phi) is 12.9. The maximum absolute atomic E-state index is 5.47. The second kappa shape index (κ2) is 13.3. The number of methoxy groups -OCH3 is 1. The average Bonchev–Trinajstić information content (AvgIpc) is 2.62. The van der Waals surface area contributed by atoms with Crippen molar-refractivity contribution >= 4 is 29.9 Å². The lowest BCUT2D eigenvalue weighted by atomic mass is 10.1. The third kappa shape index (κ3) is 9.19. The predicted molar refractivity (Wildman–Crippen MR) is 122 cm³/mol. The number of nitrogens with zero attached hydrogens (tertiary/aromatic N) is 2. The second-order valence-electron chi connectivity index (χ2n) is 6.74. The first kappa shape index (κ1) is 25.1. The molecule has 0 unspecified atom stereocenters. The van der Waals surface area contributed by atoms with Crippen LogP contribution in [0.1, 0.15) is 45.7 Å². The Morgan fingerprint density at radius 2 is 1.69 bits per heavy atom. The van der Waals surface area contributed by atoms with Crippen molar-refractivity contribution < 1.29 is 4.74 Å². The summed E-state index contributed by atoms with van der Waals surface area (Å²) in [4.78, 5) is 7.18. The fraction of sp³-hybridized carbons (Fsp3) is 0.650. The van der Waals surface area contributed by atoms with Crippen molar-refractivity contribution in [1.29, 1.82) is 0 Å². The van der Waals surface area contributed by atoms with Gasteiger partial charge in [0.2, 0.25) is 0 Å². The Balaban J connectivity index is 0.00000625. The van der Waals surface area contributed by atoms with Gasteiger partial charge in [0.15, 0.2) is 5.96 Å². The summed E-state index contributed by atoms with van der Waals surface area (Å²) in [6.07, 6.45) is 0. The van der Waals surface area contributed by atoms with Crippen molar-refractivity contribution in [3.8, 4) is 0 Å². The van der Waals surface area contributed by atoms with Crippen molar-refractivity contribution in [1.82, 2.24) is 15.5 Å². The molecule has 0 spiro atoms. The SMILES string of the molecule is CCNC(=NCc1ccccc1CN(CC)CC)NCC(C)(C)OC.I. The third-order valence-electron chi connectivity index (χ3n) is 4.39. The number of hydrogen-bond donors (Lipinski definition) is 2. The van der Waals surface area contributed by atoms with Crippen molar-refractivity contribution in [2.45, 2.75) is 53.3 Å². The highest BCUT2D eigenvalue weighted by atomic mass is 127. The fourth-order valence-electron chi connectivity index (χ4n) is 2.43. The monoisotopic (exact) mass is 476 g/mol. The molecule has 6 heteroatoms. The van der Waals surface area contributed by atoms with E-state index in [9.17, 15) is 0 Å². The van der Waals surface area contributed by atoms with Gasteiger partial charge in [-0.2, -0.15) is 0 Å². The number of hydrogen-bond acceptors (Lipinski definition) is 3. The average molecular weight is 476 g/mol. The summed E-state index contributed by atoms with van der Waals surface area (Å²) >= 11 is 0. The van der Waals surface area contributed by atoms with Gasteiger partial charge < -0.3 is 15.4 Å². The van der Waals surface area contributed by atoms with E-state index in [1.165, 1.54) is 11.1 Å². The molecule has 0 amide bonds. The molecule has 0 radical (unpaired) electrons. The van der Waals surface area contributed by atoms with Crippen LogP contribution in [0.4, 0.5) is 0 Å². The molecule has 0 aliphatic rings. The molecule has 26 heavy (non-hydrogen) atoms. The molecule has 0 fully saturated rings. The van der Waals surface area contributed by atoms with Crippen LogP contribution in [-0.2, 0) is 17.8 Å². The van der Waals surface area contributed by atoms with E-state index in [1.54, 1.807) is 7.11 Å². The van der Waals surface area contributed by atoms with Gasteiger partial charge in [0.05, 0.1) is 12.1 Å². The molecular weight excluding hydrogens is 439 g/mol. The van der Waals surface area contributed by atoms with Crippen molar-refractivity contribution in [3.05, 3.63) is 35.4 Å². The quantitative estimate of drug-likeness (QED) is 0.308. The van der Waals surface area contributed by atoms with Gasteiger partial charge in [0, 0.05) is 26.7 Å². The van der Waals surface area contributed by atoms with E-state index < -0.39 is 0 Å². The van der Waals surface area contributed by atoms with Crippen LogP contribution < -0.4 is 10.6 Å². The molecule has 1 aromatic rings. The maximum atomic E-state index is 5.47. The van der Waals surface area contributed by atoms with Gasteiger partial charge in [-0.3, -0.25) is 4.90 Å². The summed E-state index contributed by atoms with van der Waals surface area (Å²) in [6, 6.07) is 8.57. The molecule has 150 valence electrons. The second-order valence-corrected chi connectivity index (χ2v) is 6.74. The first-order chi connectivity index (χ1) is 12.0. The van der Waals surface area contributed by atoms with E-state index in [0.29, 0.717) is 13.1 Å². The van der Waals surface area contributed by atoms with Gasteiger partial charge >= 0.3 is 0 Å². The van der Waals surface area contributed by atoms with Crippen molar-refractivity contribution in [2.24, 2.45) is 4.99 Å².